The Bertz CT molecular complexity index is 1280. The highest BCUT2D eigenvalue weighted by Crippen LogP contribution is 2.27. The SMILES string of the molecule is Cc1ccc(N2C(=O)/C(=C/c3cccn3-c3ccc(C)c(Cl)c3)C(=O)NC2=S)c(C)c1. The van der Waals surface area contributed by atoms with E-state index in [1.54, 1.807) is 6.08 Å². The number of thiocarbonyl (C=S) groups is 1. The number of halogens is 1. The average molecular weight is 450 g/mol. The molecule has 5 nitrogen and oxygen atoms in total. The summed E-state index contributed by atoms with van der Waals surface area (Å²) >= 11 is 11.6. The second-order valence-electron chi connectivity index (χ2n) is 7.48. The molecule has 1 aliphatic heterocycles. The number of carbonyl (C=O) groups excluding carboxylic acids is 2. The molecule has 0 aliphatic carbocycles. The number of carbonyl (C=O) groups is 2. The minimum Gasteiger partial charge on any atom is -0.317 e. The molecule has 156 valence electrons. The summed E-state index contributed by atoms with van der Waals surface area (Å²) in [7, 11) is 0. The maximum atomic E-state index is 13.3. The second-order valence-corrected chi connectivity index (χ2v) is 8.28. The molecule has 0 bridgehead atoms. The van der Waals surface area contributed by atoms with Crippen LogP contribution in [0.3, 0.4) is 0 Å². The number of benzene rings is 2. The monoisotopic (exact) mass is 449 g/mol. The normalized spacial score (nSPS) is 15.5. The van der Waals surface area contributed by atoms with Crippen molar-refractivity contribution in [3.63, 3.8) is 0 Å². The topological polar surface area (TPSA) is 54.3 Å². The van der Waals surface area contributed by atoms with Crippen LogP contribution in [0.25, 0.3) is 11.8 Å². The van der Waals surface area contributed by atoms with Crippen LogP contribution in [-0.2, 0) is 9.59 Å². The van der Waals surface area contributed by atoms with E-state index >= 15 is 0 Å². The van der Waals surface area contributed by atoms with E-state index in [1.807, 2.05) is 80.1 Å². The number of nitrogens with zero attached hydrogens (tertiary/aromatic N) is 2. The number of nitrogens with one attached hydrogen (secondary N) is 1. The molecule has 3 aromatic rings. The van der Waals surface area contributed by atoms with Gasteiger partial charge in [0.2, 0.25) is 0 Å². The van der Waals surface area contributed by atoms with Crippen LogP contribution in [0.5, 0.6) is 0 Å². The number of hydrogen-bond acceptors (Lipinski definition) is 3. The van der Waals surface area contributed by atoms with Gasteiger partial charge in [-0.15, -0.1) is 0 Å². The zero-order valence-electron chi connectivity index (χ0n) is 17.3. The van der Waals surface area contributed by atoms with Gasteiger partial charge in [-0.05, 0) is 80.5 Å². The van der Waals surface area contributed by atoms with Crippen molar-refractivity contribution in [2.45, 2.75) is 20.8 Å². The molecule has 7 heteroatoms. The standard InChI is InChI=1S/C24H20ClN3O2S/c1-14-6-9-21(16(3)11-14)28-23(30)19(22(29)26-24(28)31)12-17-5-4-10-27(17)18-8-7-15(2)20(25)13-18/h4-13H,1-3H3,(H,26,29,31)/b19-12+. The molecular formula is C24H20ClN3O2S. The van der Waals surface area contributed by atoms with Gasteiger partial charge in [-0.3, -0.25) is 19.8 Å². The Morgan fingerprint density at radius 2 is 1.77 bits per heavy atom. The summed E-state index contributed by atoms with van der Waals surface area (Å²) in [5.74, 6) is -0.985. The highest BCUT2D eigenvalue weighted by Gasteiger charge is 2.35. The predicted molar refractivity (Wildman–Crippen MR) is 128 cm³/mol. The molecule has 1 fully saturated rings. The number of rotatable bonds is 3. The van der Waals surface area contributed by atoms with Crippen LogP contribution < -0.4 is 10.2 Å². The summed E-state index contributed by atoms with van der Waals surface area (Å²) in [5, 5.41) is 3.35. The Morgan fingerprint density at radius 3 is 2.48 bits per heavy atom. The van der Waals surface area contributed by atoms with E-state index in [0.29, 0.717) is 16.4 Å². The van der Waals surface area contributed by atoms with Gasteiger partial charge in [0.05, 0.1) is 5.69 Å². The lowest BCUT2D eigenvalue weighted by atomic mass is 10.1. The van der Waals surface area contributed by atoms with Gasteiger partial charge in [0.1, 0.15) is 5.57 Å². The fourth-order valence-electron chi connectivity index (χ4n) is 3.56. The minimum atomic E-state index is -0.522. The van der Waals surface area contributed by atoms with Gasteiger partial charge in [-0.2, -0.15) is 0 Å². The first-order valence-corrected chi connectivity index (χ1v) is 10.5. The van der Waals surface area contributed by atoms with Crippen molar-refractivity contribution in [2.75, 3.05) is 4.90 Å². The third-order valence-electron chi connectivity index (χ3n) is 5.20. The van der Waals surface area contributed by atoms with Gasteiger partial charge >= 0.3 is 0 Å². The second kappa shape index (κ2) is 8.13. The summed E-state index contributed by atoms with van der Waals surface area (Å²) in [6.45, 7) is 5.82. The third-order valence-corrected chi connectivity index (χ3v) is 5.89. The first-order chi connectivity index (χ1) is 14.8. The molecule has 2 amide bonds. The van der Waals surface area contributed by atoms with Crippen LogP contribution in [0.2, 0.25) is 5.02 Å². The molecule has 1 aromatic heterocycles. The summed E-state index contributed by atoms with van der Waals surface area (Å²) in [4.78, 5) is 27.4. The fraction of sp³-hybridized carbons (Fsp3) is 0.125. The largest absolute Gasteiger partial charge is 0.317 e. The average Bonchev–Trinajstić information content (AvgIpc) is 3.17. The molecule has 4 rings (SSSR count). The number of anilines is 1. The number of aryl methyl sites for hydroxylation is 3. The van der Waals surface area contributed by atoms with Crippen molar-refractivity contribution in [3.8, 4) is 5.69 Å². The van der Waals surface area contributed by atoms with Gasteiger partial charge in [0.25, 0.3) is 11.8 Å². The first-order valence-electron chi connectivity index (χ1n) is 9.69. The molecule has 1 aliphatic rings. The molecule has 0 saturated carbocycles. The lowest BCUT2D eigenvalue weighted by Gasteiger charge is -2.30. The van der Waals surface area contributed by atoms with Gasteiger partial charge in [-0.25, -0.2) is 0 Å². The van der Waals surface area contributed by atoms with Crippen molar-refractivity contribution in [1.82, 2.24) is 9.88 Å². The number of aromatic nitrogens is 1. The Kier molecular flexibility index (Phi) is 5.52. The van der Waals surface area contributed by atoms with Crippen molar-refractivity contribution in [1.29, 1.82) is 0 Å². The van der Waals surface area contributed by atoms with E-state index in [9.17, 15) is 9.59 Å². The fourth-order valence-corrected chi connectivity index (χ4v) is 4.01. The summed E-state index contributed by atoms with van der Waals surface area (Å²) in [6.07, 6.45) is 3.43. The van der Waals surface area contributed by atoms with Crippen molar-refractivity contribution < 1.29 is 9.59 Å². The molecule has 2 heterocycles. The van der Waals surface area contributed by atoms with E-state index in [0.717, 1.165) is 22.4 Å². The third kappa shape index (κ3) is 3.92. The Morgan fingerprint density at radius 1 is 1.00 bits per heavy atom. The molecule has 31 heavy (non-hydrogen) atoms. The van der Waals surface area contributed by atoms with Crippen LogP contribution in [0.4, 0.5) is 5.69 Å². The van der Waals surface area contributed by atoms with Gasteiger partial charge in [0.15, 0.2) is 5.11 Å². The van der Waals surface area contributed by atoms with Gasteiger partial charge < -0.3 is 4.57 Å². The Labute approximate surface area is 190 Å². The zero-order valence-corrected chi connectivity index (χ0v) is 18.8. The van der Waals surface area contributed by atoms with E-state index in [1.165, 1.54) is 4.90 Å². The smallest absolute Gasteiger partial charge is 0.270 e. The maximum Gasteiger partial charge on any atom is 0.270 e. The van der Waals surface area contributed by atoms with E-state index < -0.39 is 11.8 Å². The predicted octanol–water partition coefficient (Wildman–Crippen LogP) is 4.89. The Balaban J connectivity index is 1.77. The number of hydrogen-bond donors (Lipinski definition) is 1. The molecule has 0 spiro atoms. The van der Waals surface area contributed by atoms with E-state index in [2.05, 4.69) is 5.32 Å². The van der Waals surface area contributed by atoms with Crippen LogP contribution in [0.1, 0.15) is 22.4 Å². The summed E-state index contributed by atoms with van der Waals surface area (Å²) in [6, 6.07) is 15.1. The quantitative estimate of drug-likeness (QED) is 0.352. The zero-order chi connectivity index (χ0) is 22.3. The van der Waals surface area contributed by atoms with E-state index in [-0.39, 0.29) is 10.7 Å². The highest BCUT2D eigenvalue weighted by molar-refractivity contribution is 7.80. The molecule has 0 atom stereocenters. The molecule has 1 N–H and O–H groups in total. The molecule has 0 radical (unpaired) electrons. The van der Waals surface area contributed by atoms with Crippen LogP contribution in [0.15, 0.2) is 60.3 Å². The van der Waals surface area contributed by atoms with Crippen molar-refractivity contribution in [2.24, 2.45) is 0 Å². The Hall–Kier alpha value is -3.22. The molecule has 1 saturated heterocycles. The number of amides is 2. The van der Waals surface area contributed by atoms with Gasteiger partial charge in [-0.1, -0.05) is 35.4 Å². The molecule has 0 unspecified atom stereocenters. The van der Waals surface area contributed by atoms with Crippen LogP contribution >= 0.6 is 23.8 Å². The summed E-state index contributed by atoms with van der Waals surface area (Å²) < 4.78 is 1.87. The highest BCUT2D eigenvalue weighted by atomic mass is 35.5. The minimum absolute atomic E-state index is 0.00623. The maximum absolute atomic E-state index is 13.3. The lowest BCUT2D eigenvalue weighted by Crippen LogP contribution is -2.54. The lowest BCUT2D eigenvalue weighted by molar-refractivity contribution is -0.122. The summed E-state index contributed by atoms with van der Waals surface area (Å²) in [5.41, 5.74) is 5.09. The van der Waals surface area contributed by atoms with Gasteiger partial charge in [0, 0.05) is 22.6 Å². The first kappa shape index (κ1) is 21.0. The van der Waals surface area contributed by atoms with Crippen LogP contribution in [-0.4, -0.2) is 21.5 Å². The van der Waals surface area contributed by atoms with Crippen molar-refractivity contribution in [3.05, 3.63) is 87.7 Å². The van der Waals surface area contributed by atoms with Crippen LogP contribution in [0, 0.1) is 20.8 Å². The molecular weight excluding hydrogens is 430 g/mol. The van der Waals surface area contributed by atoms with E-state index in [4.69, 9.17) is 23.8 Å². The van der Waals surface area contributed by atoms with Crippen molar-refractivity contribution >= 4 is 52.5 Å². The molecule has 2 aromatic carbocycles.